The number of anilines is 3. The Bertz CT molecular complexity index is 3630. The number of para-hydroxylation sites is 2. The predicted molar refractivity (Wildman–Crippen MR) is 272 cm³/mol. The topological polar surface area (TPSA) is 8.17 Å². The van der Waals surface area contributed by atoms with Crippen LogP contribution in [0.15, 0.2) is 255 Å². The molecule has 300 valence electrons. The molecule has 1 heterocycles. The maximum atomic E-state index is 2.44. The summed E-state index contributed by atoms with van der Waals surface area (Å²) in [6, 6.07) is 92.7. The van der Waals surface area contributed by atoms with Crippen molar-refractivity contribution in [3.8, 4) is 50.2 Å². The summed E-state index contributed by atoms with van der Waals surface area (Å²) in [4.78, 5) is 2.44. The van der Waals surface area contributed by atoms with E-state index in [1.807, 2.05) is 0 Å². The van der Waals surface area contributed by atoms with Gasteiger partial charge in [-0.2, -0.15) is 0 Å². The largest absolute Gasteiger partial charge is 0.310 e. The molecule has 0 saturated carbocycles. The van der Waals surface area contributed by atoms with Crippen LogP contribution in [0.2, 0.25) is 0 Å². The summed E-state index contributed by atoms with van der Waals surface area (Å²) in [5, 5.41) is 7.41. The summed E-state index contributed by atoms with van der Waals surface area (Å²) < 4.78 is 2.40. The molecule has 0 aliphatic rings. The van der Waals surface area contributed by atoms with E-state index in [0.717, 1.165) is 33.8 Å². The minimum atomic E-state index is 1.08. The third kappa shape index (κ3) is 6.35. The molecular formula is C62H42N2. The predicted octanol–water partition coefficient (Wildman–Crippen LogP) is 17.2. The normalized spacial score (nSPS) is 11.4. The Morgan fingerprint density at radius 3 is 1.45 bits per heavy atom. The Hall–Kier alpha value is -8.46. The van der Waals surface area contributed by atoms with Crippen LogP contribution < -0.4 is 4.90 Å². The molecule has 0 fully saturated rings. The molecule has 0 amide bonds. The summed E-state index contributed by atoms with van der Waals surface area (Å²) in [5.74, 6) is 0. The fourth-order valence-corrected chi connectivity index (χ4v) is 9.91. The molecule has 1 aromatic heterocycles. The van der Waals surface area contributed by atoms with Gasteiger partial charge in [0, 0.05) is 27.8 Å². The van der Waals surface area contributed by atoms with Crippen molar-refractivity contribution in [3.05, 3.63) is 255 Å². The molecule has 12 aromatic rings. The number of rotatable bonds is 8. The van der Waals surface area contributed by atoms with Gasteiger partial charge >= 0.3 is 0 Å². The average molecular weight is 815 g/mol. The minimum Gasteiger partial charge on any atom is -0.310 e. The van der Waals surface area contributed by atoms with E-state index in [1.165, 1.54) is 76.8 Å². The van der Waals surface area contributed by atoms with Gasteiger partial charge in [0.05, 0.1) is 16.7 Å². The Morgan fingerprint density at radius 2 is 0.750 bits per heavy atom. The number of aromatic nitrogens is 1. The monoisotopic (exact) mass is 814 g/mol. The molecule has 0 aliphatic carbocycles. The molecule has 64 heavy (non-hydrogen) atoms. The van der Waals surface area contributed by atoms with E-state index in [0.29, 0.717) is 0 Å². The highest BCUT2D eigenvalue weighted by atomic mass is 15.1. The Kier molecular flexibility index (Phi) is 9.20. The molecule has 0 saturated heterocycles. The summed E-state index contributed by atoms with van der Waals surface area (Å²) in [5.41, 5.74) is 16.4. The van der Waals surface area contributed by atoms with Crippen LogP contribution in [-0.4, -0.2) is 4.57 Å². The second-order valence-corrected chi connectivity index (χ2v) is 16.4. The number of benzene rings is 11. The zero-order valence-electron chi connectivity index (χ0n) is 35.1. The van der Waals surface area contributed by atoms with Crippen LogP contribution in [0.1, 0.15) is 0 Å². The van der Waals surface area contributed by atoms with E-state index < -0.39 is 0 Å². The third-order valence-electron chi connectivity index (χ3n) is 12.8. The van der Waals surface area contributed by atoms with Gasteiger partial charge in [-0.1, -0.05) is 194 Å². The molecule has 2 nitrogen and oxygen atoms in total. The highest BCUT2D eigenvalue weighted by molar-refractivity contribution is 6.22. The molecule has 12 rings (SSSR count). The summed E-state index contributed by atoms with van der Waals surface area (Å²) in [6.07, 6.45) is 0. The van der Waals surface area contributed by atoms with Crippen molar-refractivity contribution >= 4 is 60.4 Å². The summed E-state index contributed by atoms with van der Waals surface area (Å²) >= 11 is 0. The number of hydrogen-bond donors (Lipinski definition) is 0. The molecule has 0 N–H and O–H groups in total. The van der Waals surface area contributed by atoms with Gasteiger partial charge in [-0.25, -0.2) is 0 Å². The maximum absolute atomic E-state index is 2.44. The van der Waals surface area contributed by atoms with Crippen LogP contribution in [0, 0.1) is 0 Å². The molecule has 0 spiro atoms. The fraction of sp³-hybridized carbons (Fsp3) is 0. The van der Waals surface area contributed by atoms with Gasteiger partial charge in [0.25, 0.3) is 0 Å². The first-order valence-corrected chi connectivity index (χ1v) is 22.0. The molecule has 0 bridgehead atoms. The van der Waals surface area contributed by atoms with E-state index in [1.54, 1.807) is 0 Å². The average Bonchev–Trinajstić information content (AvgIpc) is 3.72. The molecule has 2 heteroatoms. The van der Waals surface area contributed by atoms with Crippen molar-refractivity contribution in [2.75, 3.05) is 4.90 Å². The quantitative estimate of drug-likeness (QED) is 0.139. The lowest BCUT2D eigenvalue weighted by molar-refractivity contribution is 1.18. The van der Waals surface area contributed by atoms with Gasteiger partial charge in [0.2, 0.25) is 0 Å². The van der Waals surface area contributed by atoms with E-state index in [4.69, 9.17) is 0 Å². The van der Waals surface area contributed by atoms with Crippen molar-refractivity contribution < 1.29 is 0 Å². The van der Waals surface area contributed by atoms with E-state index in [9.17, 15) is 0 Å². The van der Waals surface area contributed by atoms with Crippen LogP contribution >= 0.6 is 0 Å². The smallest absolute Gasteiger partial charge is 0.0562 e. The summed E-state index contributed by atoms with van der Waals surface area (Å²) in [6.45, 7) is 0. The first-order valence-electron chi connectivity index (χ1n) is 22.0. The highest BCUT2D eigenvalue weighted by Crippen LogP contribution is 2.47. The molecule has 0 aliphatic heterocycles. The second kappa shape index (κ2) is 15.8. The highest BCUT2D eigenvalue weighted by Gasteiger charge is 2.22. The Labute approximate surface area is 373 Å². The van der Waals surface area contributed by atoms with Gasteiger partial charge in [-0.3, -0.25) is 0 Å². The second-order valence-electron chi connectivity index (χ2n) is 16.4. The lowest BCUT2D eigenvalue weighted by atomic mass is 9.84. The van der Waals surface area contributed by atoms with Crippen LogP contribution in [0.25, 0.3) is 93.5 Å². The standard InChI is InChI=1S/C62H42N2/c1-5-19-43(20-6-1)44-35-38-50(39-36-44)63(58-33-18-34-59-62(58)55-31-15-16-32-57(55)64(59)49-26-11-4-12-27-49)51-28-17-25-47(41-51)48-37-40-53-52-29-13-14-30-54(52)60(45-21-7-2-8-22-45)61(56(53)42-48)46-23-9-3-10-24-46/h1-42H. The van der Waals surface area contributed by atoms with Crippen LogP contribution in [-0.2, 0) is 0 Å². The third-order valence-corrected chi connectivity index (χ3v) is 12.8. The molecule has 11 aromatic carbocycles. The minimum absolute atomic E-state index is 1.08. The Morgan fingerprint density at radius 1 is 0.266 bits per heavy atom. The molecule has 0 unspecified atom stereocenters. The van der Waals surface area contributed by atoms with Crippen molar-refractivity contribution in [2.24, 2.45) is 0 Å². The van der Waals surface area contributed by atoms with Gasteiger partial charge in [-0.15, -0.1) is 0 Å². The van der Waals surface area contributed by atoms with Gasteiger partial charge in [-0.05, 0) is 127 Å². The number of fused-ring (bicyclic) bond motifs is 6. The van der Waals surface area contributed by atoms with E-state index >= 15 is 0 Å². The SMILES string of the molecule is c1ccc(-c2ccc(N(c3cccc(-c4ccc5c(c4)c(-c4ccccc4)c(-c4ccccc4)c4ccccc45)c3)c3cccc4c3c3ccccc3n4-c3ccccc3)cc2)cc1. The van der Waals surface area contributed by atoms with Crippen molar-refractivity contribution in [1.29, 1.82) is 0 Å². The maximum Gasteiger partial charge on any atom is 0.0562 e. The van der Waals surface area contributed by atoms with Gasteiger partial charge < -0.3 is 9.47 Å². The lowest BCUT2D eigenvalue weighted by Gasteiger charge is -2.27. The first-order chi connectivity index (χ1) is 31.8. The van der Waals surface area contributed by atoms with E-state index in [-0.39, 0.29) is 0 Å². The zero-order chi connectivity index (χ0) is 42.4. The summed E-state index contributed by atoms with van der Waals surface area (Å²) in [7, 11) is 0. The van der Waals surface area contributed by atoms with Gasteiger partial charge in [0.1, 0.15) is 0 Å². The fourth-order valence-electron chi connectivity index (χ4n) is 9.91. The number of hydrogen-bond acceptors (Lipinski definition) is 1. The Balaban J connectivity index is 1.09. The van der Waals surface area contributed by atoms with Crippen LogP contribution in [0.5, 0.6) is 0 Å². The van der Waals surface area contributed by atoms with Crippen molar-refractivity contribution in [1.82, 2.24) is 4.57 Å². The van der Waals surface area contributed by atoms with E-state index in [2.05, 4.69) is 264 Å². The van der Waals surface area contributed by atoms with Gasteiger partial charge in [0.15, 0.2) is 0 Å². The van der Waals surface area contributed by atoms with Crippen LogP contribution in [0.3, 0.4) is 0 Å². The molecule has 0 radical (unpaired) electrons. The lowest BCUT2D eigenvalue weighted by Crippen LogP contribution is -2.10. The molecular weight excluding hydrogens is 773 g/mol. The number of nitrogens with zero attached hydrogens (tertiary/aromatic N) is 2. The van der Waals surface area contributed by atoms with Crippen LogP contribution in [0.4, 0.5) is 17.1 Å². The zero-order valence-corrected chi connectivity index (χ0v) is 35.1. The first kappa shape index (κ1) is 37.3. The molecule has 0 atom stereocenters. The van der Waals surface area contributed by atoms with Crippen molar-refractivity contribution in [2.45, 2.75) is 0 Å². The van der Waals surface area contributed by atoms with Crippen molar-refractivity contribution in [3.63, 3.8) is 0 Å².